The summed E-state index contributed by atoms with van der Waals surface area (Å²) >= 11 is 1.56. The Labute approximate surface area is 138 Å². The van der Waals surface area contributed by atoms with E-state index in [1.165, 1.54) is 0 Å². The number of carbonyl (C=O) groups is 2. The zero-order chi connectivity index (χ0) is 16.2. The van der Waals surface area contributed by atoms with E-state index in [4.69, 9.17) is 4.74 Å². The topological polar surface area (TPSA) is 75.9 Å². The average Bonchev–Trinajstić information content (AvgIpc) is 3.14. The Hall–Kier alpha value is -2.09. The lowest BCUT2D eigenvalue weighted by Gasteiger charge is -2.31. The lowest BCUT2D eigenvalue weighted by molar-refractivity contribution is -0.126. The van der Waals surface area contributed by atoms with Gasteiger partial charge in [-0.1, -0.05) is 0 Å². The van der Waals surface area contributed by atoms with E-state index in [-0.39, 0.29) is 17.9 Å². The molecule has 0 radical (unpaired) electrons. The molecule has 7 nitrogen and oxygen atoms in total. The third-order valence-corrected chi connectivity index (χ3v) is 4.68. The van der Waals surface area contributed by atoms with Gasteiger partial charge in [0.25, 0.3) is 0 Å². The molecule has 8 heteroatoms. The van der Waals surface area contributed by atoms with Gasteiger partial charge in [0.2, 0.25) is 5.91 Å². The quantitative estimate of drug-likeness (QED) is 0.925. The van der Waals surface area contributed by atoms with Crippen molar-refractivity contribution in [3.63, 3.8) is 0 Å². The predicted molar refractivity (Wildman–Crippen MR) is 86.2 cm³/mol. The number of hydrogen-bond acceptors (Lipinski definition) is 5. The van der Waals surface area contributed by atoms with Crippen molar-refractivity contribution >= 4 is 28.3 Å². The molecule has 2 aromatic rings. The lowest BCUT2D eigenvalue weighted by atomic mass is 9.97. The first-order chi connectivity index (χ1) is 11.2. The van der Waals surface area contributed by atoms with Gasteiger partial charge in [0, 0.05) is 30.9 Å². The molecule has 1 unspecified atom stereocenters. The number of rotatable bonds is 4. The number of imidazole rings is 1. The van der Waals surface area contributed by atoms with E-state index in [0.29, 0.717) is 26.2 Å². The number of fused-ring (bicyclic) bond motifs is 1. The highest BCUT2D eigenvalue weighted by molar-refractivity contribution is 7.15. The summed E-state index contributed by atoms with van der Waals surface area (Å²) in [6, 6.07) is 0. The second-order valence-corrected chi connectivity index (χ2v) is 6.40. The van der Waals surface area contributed by atoms with E-state index in [0.717, 1.165) is 23.5 Å². The summed E-state index contributed by atoms with van der Waals surface area (Å²) in [7, 11) is 0. The molecule has 0 spiro atoms. The summed E-state index contributed by atoms with van der Waals surface area (Å²) in [6.07, 6.45) is 5.13. The average molecular weight is 336 g/mol. The Morgan fingerprint density at radius 1 is 1.52 bits per heavy atom. The Kier molecular flexibility index (Phi) is 4.80. The van der Waals surface area contributed by atoms with Gasteiger partial charge in [-0.05, 0) is 19.8 Å². The van der Waals surface area contributed by atoms with Crippen LogP contribution in [0.3, 0.4) is 0 Å². The minimum Gasteiger partial charge on any atom is -0.450 e. The maximum atomic E-state index is 12.3. The Morgan fingerprint density at radius 2 is 2.39 bits per heavy atom. The third kappa shape index (κ3) is 3.64. The molecule has 0 aliphatic carbocycles. The number of aromatic nitrogens is 2. The summed E-state index contributed by atoms with van der Waals surface area (Å²) in [4.78, 5) is 31.1. The van der Waals surface area contributed by atoms with Gasteiger partial charge in [-0.15, -0.1) is 11.3 Å². The molecule has 0 saturated carbocycles. The van der Waals surface area contributed by atoms with Gasteiger partial charge in [0.15, 0.2) is 4.96 Å². The largest absolute Gasteiger partial charge is 0.450 e. The monoisotopic (exact) mass is 336 g/mol. The van der Waals surface area contributed by atoms with Crippen molar-refractivity contribution in [3.05, 3.63) is 23.5 Å². The number of carbonyl (C=O) groups excluding carboxylic acids is 2. The fraction of sp³-hybridized carbons (Fsp3) is 0.533. The number of piperidine rings is 1. The number of nitrogens with one attached hydrogen (secondary N) is 1. The summed E-state index contributed by atoms with van der Waals surface area (Å²) in [5.41, 5.74) is 0.836. The van der Waals surface area contributed by atoms with Crippen molar-refractivity contribution in [2.45, 2.75) is 26.3 Å². The van der Waals surface area contributed by atoms with Crippen LogP contribution in [-0.2, 0) is 16.1 Å². The molecular formula is C15H20N4O3S. The van der Waals surface area contributed by atoms with Crippen molar-refractivity contribution in [1.82, 2.24) is 19.6 Å². The van der Waals surface area contributed by atoms with Crippen LogP contribution in [0.2, 0.25) is 0 Å². The van der Waals surface area contributed by atoms with Gasteiger partial charge in [-0.3, -0.25) is 9.20 Å². The van der Waals surface area contributed by atoms with Crippen LogP contribution >= 0.6 is 11.3 Å². The van der Waals surface area contributed by atoms with Gasteiger partial charge >= 0.3 is 6.09 Å². The van der Waals surface area contributed by atoms with Gasteiger partial charge < -0.3 is 15.0 Å². The first-order valence-corrected chi connectivity index (χ1v) is 8.66. The van der Waals surface area contributed by atoms with Gasteiger partial charge in [-0.25, -0.2) is 9.78 Å². The summed E-state index contributed by atoms with van der Waals surface area (Å²) in [5.74, 6) is -0.216. The van der Waals surface area contributed by atoms with Crippen LogP contribution in [0.1, 0.15) is 25.5 Å². The van der Waals surface area contributed by atoms with Crippen LogP contribution in [0.15, 0.2) is 17.8 Å². The standard InChI is InChI=1S/C15H20N4O3S/c1-2-22-15(21)19-5-3-4-11(9-19)13(20)16-8-12-10-18-6-7-23-14(18)17-12/h6-7,10-11H,2-5,8-9H2,1H3,(H,16,20). The van der Waals surface area contributed by atoms with Crippen molar-refractivity contribution < 1.29 is 14.3 Å². The molecule has 1 saturated heterocycles. The first kappa shape index (κ1) is 15.8. The first-order valence-electron chi connectivity index (χ1n) is 7.78. The van der Waals surface area contributed by atoms with E-state index in [1.54, 1.807) is 23.2 Å². The van der Waals surface area contributed by atoms with E-state index in [9.17, 15) is 9.59 Å². The third-order valence-electron chi connectivity index (χ3n) is 3.91. The van der Waals surface area contributed by atoms with Crippen molar-refractivity contribution in [2.75, 3.05) is 19.7 Å². The van der Waals surface area contributed by atoms with E-state index in [2.05, 4.69) is 10.3 Å². The molecule has 2 amide bonds. The van der Waals surface area contributed by atoms with Crippen molar-refractivity contribution in [3.8, 4) is 0 Å². The molecule has 0 aromatic carbocycles. The second kappa shape index (κ2) is 6.99. The normalized spacial score (nSPS) is 18.1. The van der Waals surface area contributed by atoms with Gasteiger partial charge in [-0.2, -0.15) is 0 Å². The van der Waals surface area contributed by atoms with E-state index in [1.807, 2.05) is 22.2 Å². The molecule has 2 aromatic heterocycles. The van der Waals surface area contributed by atoms with Crippen molar-refractivity contribution in [1.29, 1.82) is 0 Å². The maximum absolute atomic E-state index is 12.3. The Balaban J connectivity index is 1.53. The Morgan fingerprint density at radius 3 is 3.17 bits per heavy atom. The molecule has 1 aliphatic rings. The fourth-order valence-electron chi connectivity index (χ4n) is 2.76. The van der Waals surface area contributed by atoms with Crippen molar-refractivity contribution in [2.24, 2.45) is 5.92 Å². The highest BCUT2D eigenvalue weighted by Gasteiger charge is 2.29. The van der Waals surface area contributed by atoms with Crippen LogP contribution in [0, 0.1) is 5.92 Å². The highest BCUT2D eigenvalue weighted by atomic mass is 32.1. The zero-order valence-electron chi connectivity index (χ0n) is 13.0. The van der Waals surface area contributed by atoms with Crippen LogP contribution in [0.5, 0.6) is 0 Å². The maximum Gasteiger partial charge on any atom is 0.409 e. The number of ether oxygens (including phenoxy) is 1. The molecular weight excluding hydrogens is 316 g/mol. The molecule has 3 heterocycles. The van der Waals surface area contributed by atoms with Crippen LogP contribution in [-0.4, -0.2) is 46.0 Å². The summed E-state index contributed by atoms with van der Waals surface area (Å²) in [5, 5.41) is 4.89. The van der Waals surface area contributed by atoms with E-state index >= 15 is 0 Å². The lowest BCUT2D eigenvalue weighted by Crippen LogP contribution is -2.45. The SMILES string of the molecule is CCOC(=O)N1CCCC(C(=O)NCc2cn3ccsc3n2)C1. The fourth-order valence-corrected chi connectivity index (χ4v) is 3.47. The summed E-state index contributed by atoms with van der Waals surface area (Å²) < 4.78 is 6.95. The number of thiazole rings is 1. The van der Waals surface area contributed by atoms with Gasteiger partial charge in [0.05, 0.1) is 24.8 Å². The minimum atomic E-state index is -0.334. The Bertz CT molecular complexity index is 667. The van der Waals surface area contributed by atoms with Crippen LogP contribution < -0.4 is 5.32 Å². The molecule has 0 bridgehead atoms. The van der Waals surface area contributed by atoms with Gasteiger partial charge in [0.1, 0.15) is 0 Å². The number of nitrogens with zero attached hydrogens (tertiary/aromatic N) is 3. The second-order valence-electron chi connectivity index (χ2n) is 5.53. The molecule has 1 atom stereocenters. The number of hydrogen-bond donors (Lipinski definition) is 1. The molecule has 124 valence electrons. The molecule has 1 aliphatic heterocycles. The minimum absolute atomic E-state index is 0.0321. The number of likely N-dealkylation sites (tertiary alicyclic amines) is 1. The molecule has 3 rings (SSSR count). The molecule has 23 heavy (non-hydrogen) atoms. The summed E-state index contributed by atoms with van der Waals surface area (Å²) in [6.45, 7) is 3.61. The van der Waals surface area contributed by atoms with Crippen LogP contribution in [0.25, 0.3) is 4.96 Å². The predicted octanol–water partition coefficient (Wildman–Crippen LogP) is 1.88. The smallest absolute Gasteiger partial charge is 0.409 e. The van der Waals surface area contributed by atoms with E-state index < -0.39 is 0 Å². The van der Waals surface area contributed by atoms with Crippen LogP contribution in [0.4, 0.5) is 4.79 Å². The molecule has 1 N–H and O–H groups in total. The number of amides is 2. The highest BCUT2D eigenvalue weighted by Crippen LogP contribution is 2.18. The molecule has 1 fully saturated rings. The zero-order valence-corrected chi connectivity index (χ0v) is 13.8.